The normalized spacial score (nSPS) is 12.0. The van der Waals surface area contributed by atoms with E-state index in [-0.39, 0.29) is 0 Å². The molecule has 1 atom stereocenters. The van der Waals surface area contributed by atoms with E-state index in [9.17, 15) is 10.0 Å². The Morgan fingerprint density at radius 2 is 1.89 bits per heavy atom. The molecule has 1 unspecified atom stereocenters. The number of carbonyl (C=O) groups excluding carboxylic acids is 1. The molecule has 0 aliphatic heterocycles. The van der Waals surface area contributed by atoms with Gasteiger partial charge in [0.05, 0.1) is 17.4 Å². The fourth-order valence-corrected chi connectivity index (χ4v) is 3.07. The summed E-state index contributed by atoms with van der Waals surface area (Å²) >= 11 is 0. The fourth-order valence-electron chi connectivity index (χ4n) is 3.07. The molecule has 1 aromatic carbocycles. The summed E-state index contributed by atoms with van der Waals surface area (Å²) in [5, 5.41) is 14.4. The van der Waals surface area contributed by atoms with Crippen LogP contribution in [0.2, 0.25) is 0 Å². The summed E-state index contributed by atoms with van der Waals surface area (Å²) in [4.78, 5) is 24.8. The second-order valence-corrected chi connectivity index (χ2v) is 5.99. The molecular formula is C19H16N6O2. The predicted molar refractivity (Wildman–Crippen MR) is 97.7 cm³/mol. The van der Waals surface area contributed by atoms with Crippen molar-refractivity contribution in [3.63, 3.8) is 0 Å². The van der Waals surface area contributed by atoms with Gasteiger partial charge in [0.25, 0.3) is 5.91 Å². The van der Waals surface area contributed by atoms with Crippen LogP contribution < -0.4 is 5.48 Å². The number of pyridine rings is 1. The zero-order chi connectivity index (χ0) is 18.6. The smallest absolute Gasteiger partial charge is 0.268 e. The third kappa shape index (κ3) is 3.25. The molecule has 0 bridgehead atoms. The maximum absolute atomic E-state index is 12.4. The van der Waals surface area contributed by atoms with Crippen LogP contribution in [-0.2, 0) is 11.2 Å². The minimum atomic E-state index is -0.711. The van der Waals surface area contributed by atoms with Gasteiger partial charge in [-0.15, -0.1) is 0 Å². The minimum Gasteiger partial charge on any atom is -0.289 e. The molecule has 0 aliphatic carbocycles. The SMILES string of the molecule is O=C(NO)C(Cc1ccccc1)n1ncc2c(-c3cncnc3)nccc21. The Morgan fingerprint density at radius 3 is 2.63 bits per heavy atom. The molecule has 0 spiro atoms. The molecule has 4 rings (SSSR count). The van der Waals surface area contributed by atoms with E-state index in [1.54, 1.807) is 41.0 Å². The first-order chi connectivity index (χ1) is 13.3. The fraction of sp³-hybridized carbons (Fsp3) is 0.105. The number of nitrogens with one attached hydrogen (secondary N) is 1. The summed E-state index contributed by atoms with van der Waals surface area (Å²) in [7, 11) is 0. The first-order valence-electron chi connectivity index (χ1n) is 8.33. The van der Waals surface area contributed by atoms with Crippen molar-refractivity contribution >= 4 is 16.8 Å². The average molecular weight is 360 g/mol. The van der Waals surface area contributed by atoms with Gasteiger partial charge >= 0.3 is 0 Å². The Bertz CT molecular complexity index is 1070. The zero-order valence-electron chi connectivity index (χ0n) is 14.2. The van der Waals surface area contributed by atoms with Gasteiger partial charge in [0.1, 0.15) is 12.4 Å². The van der Waals surface area contributed by atoms with Crippen LogP contribution in [0.1, 0.15) is 11.6 Å². The van der Waals surface area contributed by atoms with E-state index in [0.29, 0.717) is 12.1 Å². The maximum atomic E-state index is 12.4. The van der Waals surface area contributed by atoms with E-state index in [0.717, 1.165) is 22.0 Å². The van der Waals surface area contributed by atoms with Crippen molar-refractivity contribution in [2.75, 3.05) is 0 Å². The van der Waals surface area contributed by atoms with Crippen LogP contribution in [-0.4, -0.2) is 35.8 Å². The Kier molecular flexibility index (Phi) is 4.54. The number of nitrogens with zero attached hydrogens (tertiary/aromatic N) is 5. The highest BCUT2D eigenvalue weighted by Gasteiger charge is 2.24. The van der Waals surface area contributed by atoms with Crippen LogP contribution in [0.3, 0.4) is 0 Å². The lowest BCUT2D eigenvalue weighted by molar-refractivity contribution is -0.132. The number of hydrogen-bond donors (Lipinski definition) is 2. The van der Waals surface area contributed by atoms with Crippen molar-refractivity contribution in [3.8, 4) is 11.3 Å². The molecular weight excluding hydrogens is 344 g/mol. The second kappa shape index (κ2) is 7.30. The van der Waals surface area contributed by atoms with Crippen LogP contribution in [0.15, 0.2) is 67.5 Å². The first-order valence-corrected chi connectivity index (χ1v) is 8.33. The number of rotatable bonds is 5. The molecule has 0 saturated carbocycles. The summed E-state index contributed by atoms with van der Waals surface area (Å²) in [6.45, 7) is 0. The number of carbonyl (C=O) groups is 1. The van der Waals surface area contributed by atoms with E-state index >= 15 is 0 Å². The number of fused-ring (bicyclic) bond motifs is 1. The van der Waals surface area contributed by atoms with Gasteiger partial charge in [0, 0.05) is 36.0 Å². The van der Waals surface area contributed by atoms with Crippen LogP contribution in [0, 0.1) is 0 Å². The Morgan fingerprint density at radius 1 is 1.11 bits per heavy atom. The molecule has 4 aromatic rings. The summed E-state index contributed by atoms with van der Waals surface area (Å²) < 4.78 is 1.60. The third-order valence-electron chi connectivity index (χ3n) is 4.34. The van der Waals surface area contributed by atoms with Crippen molar-refractivity contribution < 1.29 is 10.0 Å². The molecule has 27 heavy (non-hydrogen) atoms. The van der Waals surface area contributed by atoms with Gasteiger partial charge < -0.3 is 0 Å². The largest absolute Gasteiger partial charge is 0.289 e. The number of hydroxylamine groups is 1. The lowest BCUT2D eigenvalue weighted by atomic mass is 10.1. The predicted octanol–water partition coefficient (Wildman–Crippen LogP) is 2.18. The molecule has 8 heteroatoms. The van der Waals surface area contributed by atoms with Gasteiger partial charge in [-0.3, -0.25) is 19.7 Å². The second-order valence-electron chi connectivity index (χ2n) is 5.99. The van der Waals surface area contributed by atoms with E-state index in [1.807, 2.05) is 30.3 Å². The number of hydrogen-bond acceptors (Lipinski definition) is 6. The molecule has 3 aromatic heterocycles. The molecule has 0 radical (unpaired) electrons. The average Bonchev–Trinajstić information content (AvgIpc) is 3.17. The molecule has 0 saturated heterocycles. The lowest BCUT2D eigenvalue weighted by Crippen LogP contribution is -2.32. The molecule has 0 aliphatic rings. The zero-order valence-corrected chi connectivity index (χ0v) is 14.2. The summed E-state index contributed by atoms with van der Waals surface area (Å²) in [5.41, 5.74) is 4.88. The Balaban J connectivity index is 1.80. The quantitative estimate of drug-likeness (QED) is 0.417. The Labute approximate surface area is 154 Å². The molecule has 134 valence electrons. The standard InChI is InChI=1S/C19H16N6O2/c26-19(24-27)17(8-13-4-2-1-3-5-13)25-16-6-7-22-18(15(16)11-23-25)14-9-20-12-21-10-14/h1-7,9-12,17,27H,8H2,(H,24,26). The van der Waals surface area contributed by atoms with Crippen molar-refractivity contribution in [2.24, 2.45) is 0 Å². The number of amides is 1. The lowest BCUT2D eigenvalue weighted by Gasteiger charge is -2.17. The molecule has 2 N–H and O–H groups in total. The van der Waals surface area contributed by atoms with Gasteiger partial charge in [-0.25, -0.2) is 15.4 Å². The molecule has 0 fully saturated rings. The summed E-state index contributed by atoms with van der Waals surface area (Å²) in [5.74, 6) is -0.537. The van der Waals surface area contributed by atoms with Gasteiger partial charge in [-0.2, -0.15) is 5.10 Å². The summed E-state index contributed by atoms with van der Waals surface area (Å²) in [6, 6.07) is 10.7. The molecule has 3 heterocycles. The summed E-state index contributed by atoms with van der Waals surface area (Å²) in [6.07, 6.45) is 8.50. The van der Waals surface area contributed by atoms with Crippen molar-refractivity contribution in [1.29, 1.82) is 0 Å². The van der Waals surface area contributed by atoms with Crippen molar-refractivity contribution in [3.05, 3.63) is 73.1 Å². The van der Waals surface area contributed by atoms with E-state index in [1.165, 1.54) is 6.33 Å². The van der Waals surface area contributed by atoms with Crippen molar-refractivity contribution in [2.45, 2.75) is 12.5 Å². The first kappa shape index (κ1) is 16.8. The highest BCUT2D eigenvalue weighted by molar-refractivity contribution is 5.93. The maximum Gasteiger partial charge on any atom is 0.268 e. The topological polar surface area (TPSA) is 106 Å². The highest BCUT2D eigenvalue weighted by atomic mass is 16.5. The van der Waals surface area contributed by atoms with E-state index < -0.39 is 11.9 Å². The molecule has 8 nitrogen and oxygen atoms in total. The van der Waals surface area contributed by atoms with Crippen molar-refractivity contribution in [1.82, 2.24) is 30.2 Å². The van der Waals surface area contributed by atoms with E-state index in [2.05, 4.69) is 20.1 Å². The number of aromatic nitrogens is 5. The van der Waals surface area contributed by atoms with Crippen LogP contribution in [0.5, 0.6) is 0 Å². The van der Waals surface area contributed by atoms with Crippen LogP contribution in [0.25, 0.3) is 22.2 Å². The molecule has 1 amide bonds. The number of benzene rings is 1. The monoisotopic (exact) mass is 360 g/mol. The third-order valence-corrected chi connectivity index (χ3v) is 4.34. The van der Waals surface area contributed by atoms with Gasteiger partial charge in [0.2, 0.25) is 0 Å². The van der Waals surface area contributed by atoms with E-state index in [4.69, 9.17) is 0 Å². The van der Waals surface area contributed by atoms with Gasteiger partial charge in [-0.1, -0.05) is 30.3 Å². The van der Waals surface area contributed by atoms with Gasteiger partial charge in [-0.05, 0) is 11.6 Å². The van der Waals surface area contributed by atoms with Gasteiger partial charge in [0.15, 0.2) is 0 Å². The minimum absolute atomic E-state index is 0.385. The van der Waals surface area contributed by atoms with Crippen LogP contribution in [0.4, 0.5) is 0 Å². The van der Waals surface area contributed by atoms with Crippen LogP contribution >= 0.6 is 0 Å². The highest BCUT2D eigenvalue weighted by Crippen LogP contribution is 2.28. The Hall–Kier alpha value is -3.65.